The number of aliphatic hydroxyl groups excluding tert-OH is 2. The van der Waals surface area contributed by atoms with Gasteiger partial charge >= 0.3 is 48.9 Å². The van der Waals surface area contributed by atoms with E-state index in [-0.39, 0.29) is 48.9 Å². The smallest absolute Gasteiger partial charge is 0.547 e. The molecule has 58 valence electrons. The van der Waals surface area contributed by atoms with E-state index in [2.05, 4.69) is 0 Å². The summed E-state index contributed by atoms with van der Waals surface area (Å²) >= 11 is 0. The molecule has 0 amide bonds. The van der Waals surface area contributed by atoms with Crippen molar-refractivity contribution in [3.63, 3.8) is 0 Å². The molecule has 0 fully saturated rings. The molecule has 0 aromatic rings. The minimum absolute atomic E-state index is 0. The van der Waals surface area contributed by atoms with Gasteiger partial charge in [0.05, 0.1) is 11.9 Å². The van der Waals surface area contributed by atoms with Crippen LogP contribution in [0.5, 0.6) is 0 Å². The van der Waals surface area contributed by atoms with Crippen LogP contribution in [0.2, 0.25) is 0 Å². The van der Waals surface area contributed by atoms with Crippen molar-refractivity contribution in [3.05, 3.63) is 0 Å². The molecule has 0 bridgehead atoms. The van der Waals surface area contributed by atoms with Crippen LogP contribution in [-0.4, -0.2) is 83.2 Å². The number of carbonyl (C=O) groups excluding carboxylic acids is 2. The quantitative estimate of drug-likeness (QED) is 0.500. The van der Waals surface area contributed by atoms with Crippen LogP contribution in [-0.2, 0) is 9.59 Å². The number of aliphatic carboxylic acids is 2. The van der Waals surface area contributed by atoms with Crippen LogP contribution in [0.25, 0.3) is 0 Å². The topological polar surface area (TPSA) is 121 Å². The zero-order valence-corrected chi connectivity index (χ0v) is 9.83. The van der Waals surface area contributed by atoms with Gasteiger partial charge in [-0.15, -0.1) is 0 Å². The van der Waals surface area contributed by atoms with Gasteiger partial charge in [-0.1, -0.05) is 0 Å². The maximum absolute atomic E-state index is 9.63. The first-order chi connectivity index (χ1) is 4.46. The van der Waals surface area contributed by atoms with Gasteiger partial charge < -0.3 is 30.0 Å². The Kier molecular flexibility index (Phi) is 7.63. The third-order valence-corrected chi connectivity index (χ3v) is 0.782. The van der Waals surface area contributed by atoms with E-state index in [1.165, 1.54) is 0 Å². The van der Waals surface area contributed by atoms with Crippen LogP contribution in [0, 0.1) is 0 Å². The van der Waals surface area contributed by atoms with E-state index < -0.39 is 24.1 Å². The molecule has 0 spiro atoms. The van der Waals surface area contributed by atoms with Gasteiger partial charge in [0.1, 0.15) is 12.2 Å². The average molecular weight is 285 g/mol. The van der Waals surface area contributed by atoms with Crippen LogP contribution < -0.4 is 10.2 Å². The fourth-order valence-corrected chi connectivity index (χ4v) is 0.258. The van der Waals surface area contributed by atoms with Crippen LogP contribution >= 0.6 is 0 Å². The Hall–Kier alpha value is 0.431. The summed E-state index contributed by atoms with van der Waals surface area (Å²) in [4.78, 5) is 19.3. The molecule has 0 saturated carbocycles. The molecular weight excluding hydrogens is 281 g/mol. The van der Waals surface area contributed by atoms with Crippen molar-refractivity contribution >= 4 is 60.8 Å². The summed E-state index contributed by atoms with van der Waals surface area (Å²) in [5.41, 5.74) is 0. The van der Waals surface area contributed by atoms with Crippen LogP contribution in [0.3, 0.4) is 0 Å². The molecule has 0 saturated heterocycles. The van der Waals surface area contributed by atoms with E-state index in [0.717, 1.165) is 0 Å². The minimum atomic E-state index is -2.44. The van der Waals surface area contributed by atoms with E-state index in [9.17, 15) is 19.8 Å². The Labute approximate surface area is 102 Å². The van der Waals surface area contributed by atoms with E-state index in [1.807, 2.05) is 0 Å². The molecule has 0 aliphatic heterocycles. The normalized spacial score (nSPS) is 14.4. The van der Waals surface area contributed by atoms with Gasteiger partial charge in [-0.05, 0) is 0 Å². The Morgan fingerprint density at radius 3 is 1.27 bits per heavy atom. The summed E-state index contributed by atoms with van der Waals surface area (Å²) in [5.74, 6) is -4.12. The maximum atomic E-state index is 9.63. The van der Waals surface area contributed by atoms with Gasteiger partial charge in [-0.2, -0.15) is 0 Å². The maximum Gasteiger partial charge on any atom is 2.00 e. The van der Waals surface area contributed by atoms with Gasteiger partial charge in [0.25, 0.3) is 0 Å². The van der Waals surface area contributed by atoms with E-state index in [1.54, 1.807) is 0 Å². The monoisotopic (exact) mass is 286 g/mol. The SMILES string of the molecule is O=C([O-])C(O)C(O)C(=O)[O-].[Ba+2]. The predicted octanol–water partition coefficient (Wildman–Crippen LogP) is -5.17. The molecule has 0 aromatic carbocycles. The Bertz CT molecular complexity index is 139. The third kappa shape index (κ3) is 4.80. The molecule has 0 radical (unpaired) electrons. The molecule has 0 aliphatic rings. The summed E-state index contributed by atoms with van der Waals surface area (Å²) in [7, 11) is 0. The number of hydrogen-bond donors (Lipinski definition) is 2. The van der Waals surface area contributed by atoms with Crippen molar-refractivity contribution < 1.29 is 30.0 Å². The Balaban J connectivity index is 0. The molecule has 7 heteroatoms. The van der Waals surface area contributed by atoms with Crippen molar-refractivity contribution in [2.24, 2.45) is 0 Å². The van der Waals surface area contributed by atoms with E-state index >= 15 is 0 Å². The number of carbonyl (C=O) groups is 2. The molecule has 2 N–H and O–H groups in total. The molecule has 6 nitrogen and oxygen atoms in total. The van der Waals surface area contributed by atoms with Crippen molar-refractivity contribution in [1.82, 2.24) is 0 Å². The molecular formula is C4H4BaO6. The largest absolute Gasteiger partial charge is 2.00 e. The predicted molar refractivity (Wildman–Crippen MR) is 27.8 cm³/mol. The zero-order chi connectivity index (χ0) is 8.31. The van der Waals surface area contributed by atoms with Crippen molar-refractivity contribution in [2.45, 2.75) is 12.2 Å². The summed E-state index contributed by atoms with van der Waals surface area (Å²) < 4.78 is 0. The van der Waals surface area contributed by atoms with Gasteiger partial charge in [-0.25, -0.2) is 0 Å². The summed E-state index contributed by atoms with van der Waals surface area (Å²) in [6, 6.07) is 0. The Morgan fingerprint density at radius 2 is 1.18 bits per heavy atom. The van der Waals surface area contributed by atoms with E-state index in [4.69, 9.17) is 10.2 Å². The third-order valence-electron chi connectivity index (χ3n) is 0.782. The van der Waals surface area contributed by atoms with Crippen LogP contribution in [0.4, 0.5) is 0 Å². The first kappa shape index (κ1) is 14.0. The van der Waals surface area contributed by atoms with Gasteiger partial charge in [0.2, 0.25) is 0 Å². The van der Waals surface area contributed by atoms with E-state index in [0.29, 0.717) is 0 Å². The second-order valence-electron chi connectivity index (χ2n) is 1.53. The number of carboxylic acids is 2. The van der Waals surface area contributed by atoms with Gasteiger partial charge in [0.15, 0.2) is 0 Å². The molecule has 0 aliphatic carbocycles. The average Bonchev–Trinajstić information content (AvgIpc) is 1.84. The number of aliphatic hydroxyl groups is 2. The number of carboxylic acid groups (broad SMARTS) is 2. The summed E-state index contributed by atoms with van der Waals surface area (Å²) in [6.07, 6.45) is -4.88. The molecule has 2 atom stereocenters. The first-order valence-corrected chi connectivity index (χ1v) is 2.24. The molecule has 11 heavy (non-hydrogen) atoms. The zero-order valence-electron chi connectivity index (χ0n) is 5.39. The van der Waals surface area contributed by atoms with Crippen LogP contribution in [0.1, 0.15) is 0 Å². The summed E-state index contributed by atoms with van der Waals surface area (Å²) in [5, 5.41) is 35.7. The summed E-state index contributed by atoms with van der Waals surface area (Å²) in [6.45, 7) is 0. The second-order valence-corrected chi connectivity index (χ2v) is 1.53. The molecule has 2 unspecified atom stereocenters. The Morgan fingerprint density at radius 1 is 1.00 bits per heavy atom. The van der Waals surface area contributed by atoms with Crippen molar-refractivity contribution in [2.75, 3.05) is 0 Å². The minimum Gasteiger partial charge on any atom is -0.547 e. The van der Waals surface area contributed by atoms with Crippen LogP contribution in [0.15, 0.2) is 0 Å². The van der Waals surface area contributed by atoms with Gasteiger partial charge in [-0.3, -0.25) is 0 Å². The fourth-order valence-electron chi connectivity index (χ4n) is 0.258. The molecule has 0 aromatic heterocycles. The standard InChI is InChI=1S/C4H6O6.Ba/c5-1(3(7)8)2(6)4(9)10;/h1-2,5-6H,(H,7,8)(H,9,10);/q;+2/p-2. The second kappa shape index (κ2) is 6.00. The number of rotatable bonds is 3. The number of hydrogen-bond acceptors (Lipinski definition) is 6. The van der Waals surface area contributed by atoms with Gasteiger partial charge in [0, 0.05) is 0 Å². The van der Waals surface area contributed by atoms with Crippen molar-refractivity contribution in [1.29, 1.82) is 0 Å². The van der Waals surface area contributed by atoms with Crippen molar-refractivity contribution in [3.8, 4) is 0 Å². The fraction of sp³-hybridized carbons (Fsp3) is 0.500. The first-order valence-electron chi connectivity index (χ1n) is 2.24. The molecule has 0 heterocycles. The molecule has 0 rings (SSSR count).